The number of carbonyl (C=O) groups is 1. The van der Waals surface area contributed by atoms with Gasteiger partial charge in [-0.05, 0) is 82.3 Å². The van der Waals surface area contributed by atoms with Gasteiger partial charge in [0.25, 0.3) is 11.5 Å². The van der Waals surface area contributed by atoms with Crippen LogP contribution in [0.5, 0.6) is 0 Å². The predicted octanol–water partition coefficient (Wildman–Crippen LogP) is 4.27. The Bertz CT molecular complexity index is 1530. The summed E-state index contributed by atoms with van der Waals surface area (Å²) in [6.45, 7) is 12.1. The van der Waals surface area contributed by atoms with Crippen LogP contribution in [0, 0.1) is 13.8 Å². The molecule has 1 aliphatic heterocycles. The normalized spacial score (nSPS) is 14.4. The molecule has 198 valence electrons. The number of likely N-dealkylation sites (N-methyl/N-ethyl adjacent to an activating group) is 1. The van der Waals surface area contributed by atoms with Crippen LogP contribution >= 0.6 is 0 Å². The monoisotopic (exact) mass is 512 g/mol. The molecule has 0 atom stereocenters. The van der Waals surface area contributed by atoms with Crippen LogP contribution in [0.4, 0.5) is 5.82 Å². The molecular formula is C30H36N6O2. The second-order valence-corrected chi connectivity index (χ2v) is 10.6. The van der Waals surface area contributed by atoms with Crippen molar-refractivity contribution in [1.82, 2.24) is 24.8 Å². The molecule has 0 bridgehead atoms. The van der Waals surface area contributed by atoms with E-state index in [1.165, 1.54) is 0 Å². The molecule has 4 heterocycles. The number of pyridine rings is 2. The van der Waals surface area contributed by atoms with E-state index in [4.69, 9.17) is 4.98 Å². The lowest BCUT2D eigenvalue weighted by atomic mass is 10.0. The van der Waals surface area contributed by atoms with E-state index in [1.807, 2.05) is 44.4 Å². The zero-order valence-corrected chi connectivity index (χ0v) is 22.8. The fraction of sp³-hybridized carbons (Fsp3) is 0.367. The van der Waals surface area contributed by atoms with E-state index in [2.05, 4.69) is 63.8 Å². The highest BCUT2D eigenvalue weighted by molar-refractivity contribution is 6.08. The molecule has 0 radical (unpaired) electrons. The molecule has 1 fully saturated rings. The van der Waals surface area contributed by atoms with Crippen LogP contribution in [0.2, 0.25) is 0 Å². The molecule has 4 aromatic rings. The Kier molecular flexibility index (Phi) is 7.08. The number of rotatable bonds is 6. The number of nitrogens with one attached hydrogen (secondary N) is 2. The largest absolute Gasteiger partial charge is 0.354 e. The second-order valence-electron chi connectivity index (χ2n) is 10.6. The maximum atomic E-state index is 13.5. The topological polar surface area (TPSA) is 86.3 Å². The average molecular weight is 513 g/mol. The van der Waals surface area contributed by atoms with Gasteiger partial charge < -0.3 is 24.7 Å². The third-order valence-electron chi connectivity index (χ3n) is 7.47. The maximum Gasteiger partial charge on any atom is 0.253 e. The van der Waals surface area contributed by atoms with Gasteiger partial charge in [0.15, 0.2) is 0 Å². The van der Waals surface area contributed by atoms with Crippen molar-refractivity contribution in [1.29, 1.82) is 0 Å². The highest BCUT2D eigenvalue weighted by atomic mass is 16.1. The van der Waals surface area contributed by atoms with Crippen molar-refractivity contribution in [2.24, 2.45) is 0 Å². The SMILES string of the molecule is Cc1cc(C)c(CNC(=O)c2cc(-c3ccc(N4CCN(C)CC4)nc3)cc3c2ccn3C(C)C)c(=O)[nH]1. The van der Waals surface area contributed by atoms with Crippen LogP contribution in [-0.4, -0.2) is 58.6 Å². The molecule has 5 rings (SSSR count). The number of benzene rings is 1. The molecule has 1 aromatic carbocycles. The van der Waals surface area contributed by atoms with Gasteiger partial charge in [0.2, 0.25) is 0 Å². The molecule has 0 aliphatic carbocycles. The lowest BCUT2D eigenvalue weighted by Gasteiger charge is -2.33. The van der Waals surface area contributed by atoms with Crippen LogP contribution in [-0.2, 0) is 6.54 Å². The average Bonchev–Trinajstić information content (AvgIpc) is 3.32. The van der Waals surface area contributed by atoms with Gasteiger partial charge in [-0.3, -0.25) is 9.59 Å². The van der Waals surface area contributed by atoms with E-state index in [1.54, 1.807) is 0 Å². The van der Waals surface area contributed by atoms with E-state index in [0.717, 1.165) is 65.3 Å². The zero-order valence-electron chi connectivity index (χ0n) is 22.8. The standard InChI is InChI=1S/C30H36N6O2/c1-19(2)36-9-8-24-25(29(37)32-18-26-20(3)14-21(4)33-30(26)38)15-23(16-27(24)36)22-6-7-28(31-17-22)35-12-10-34(5)11-13-35/h6-9,14-17,19H,10-13,18H2,1-5H3,(H,32,37)(H,33,38). The molecule has 3 aromatic heterocycles. The summed E-state index contributed by atoms with van der Waals surface area (Å²) >= 11 is 0. The smallest absolute Gasteiger partial charge is 0.253 e. The van der Waals surface area contributed by atoms with E-state index in [9.17, 15) is 9.59 Å². The number of anilines is 1. The number of aromatic nitrogens is 3. The molecule has 0 spiro atoms. The molecule has 38 heavy (non-hydrogen) atoms. The number of aromatic amines is 1. The van der Waals surface area contributed by atoms with Gasteiger partial charge >= 0.3 is 0 Å². The third-order valence-corrected chi connectivity index (χ3v) is 7.47. The lowest BCUT2D eigenvalue weighted by molar-refractivity contribution is 0.0952. The van der Waals surface area contributed by atoms with Crippen molar-refractivity contribution in [3.63, 3.8) is 0 Å². The predicted molar refractivity (Wildman–Crippen MR) is 153 cm³/mol. The summed E-state index contributed by atoms with van der Waals surface area (Å²) in [5.41, 5.74) is 5.55. The molecule has 1 saturated heterocycles. The number of H-pyrrole nitrogens is 1. The molecule has 1 aliphatic rings. The van der Waals surface area contributed by atoms with E-state index < -0.39 is 0 Å². The Morgan fingerprint density at radius 2 is 1.82 bits per heavy atom. The minimum absolute atomic E-state index is 0.165. The number of fused-ring (bicyclic) bond motifs is 1. The Labute approximate surface area is 223 Å². The highest BCUT2D eigenvalue weighted by Gasteiger charge is 2.19. The van der Waals surface area contributed by atoms with Crippen LogP contribution in [0.3, 0.4) is 0 Å². The van der Waals surface area contributed by atoms with Gasteiger partial charge in [-0.15, -0.1) is 0 Å². The first-order valence-electron chi connectivity index (χ1n) is 13.2. The molecule has 8 nitrogen and oxygen atoms in total. The minimum Gasteiger partial charge on any atom is -0.354 e. The minimum atomic E-state index is -0.209. The summed E-state index contributed by atoms with van der Waals surface area (Å²) < 4.78 is 2.18. The summed E-state index contributed by atoms with van der Waals surface area (Å²) in [5.74, 6) is 0.768. The molecule has 8 heteroatoms. The number of hydrogen-bond acceptors (Lipinski definition) is 5. The Balaban J connectivity index is 1.48. The molecule has 0 saturated carbocycles. The van der Waals surface area contributed by atoms with Crippen molar-refractivity contribution >= 4 is 22.6 Å². The highest BCUT2D eigenvalue weighted by Crippen LogP contribution is 2.31. The summed E-state index contributed by atoms with van der Waals surface area (Å²) in [6, 6.07) is 12.4. The van der Waals surface area contributed by atoms with E-state index in [0.29, 0.717) is 11.1 Å². The summed E-state index contributed by atoms with van der Waals surface area (Å²) in [4.78, 5) is 38.2. The second kappa shape index (κ2) is 10.5. The number of aryl methyl sites for hydroxylation is 2. The lowest BCUT2D eigenvalue weighted by Crippen LogP contribution is -2.44. The number of amides is 1. The van der Waals surface area contributed by atoms with Gasteiger partial charge in [-0.1, -0.05) is 0 Å². The first kappa shape index (κ1) is 25.7. The van der Waals surface area contributed by atoms with Crippen molar-refractivity contribution in [2.75, 3.05) is 38.1 Å². The van der Waals surface area contributed by atoms with Gasteiger partial charge in [0.1, 0.15) is 5.82 Å². The molecule has 2 N–H and O–H groups in total. The van der Waals surface area contributed by atoms with Crippen molar-refractivity contribution < 1.29 is 4.79 Å². The summed E-state index contributed by atoms with van der Waals surface area (Å²) in [6.07, 6.45) is 3.92. The van der Waals surface area contributed by atoms with Gasteiger partial charge in [-0.25, -0.2) is 4.98 Å². The van der Waals surface area contributed by atoms with Crippen molar-refractivity contribution in [2.45, 2.75) is 40.3 Å². The Morgan fingerprint density at radius 3 is 2.47 bits per heavy atom. The summed E-state index contributed by atoms with van der Waals surface area (Å²) in [5, 5.41) is 3.87. The van der Waals surface area contributed by atoms with E-state index >= 15 is 0 Å². The molecule has 1 amide bonds. The third kappa shape index (κ3) is 5.09. The fourth-order valence-corrected chi connectivity index (χ4v) is 5.21. The number of hydrogen-bond donors (Lipinski definition) is 2. The molecular weight excluding hydrogens is 476 g/mol. The quantitative estimate of drug-likeness (QED) is 0.403. The number of piperazine rings is 1. The Morgan fingerprint density at radius 1 is 1.05 bits per heavy atom. The Hall–Kier alpha value is -3.91. The number of carbonyl (C=O) groups excluding carboxylic acids is 1. The van der Waals surface area contributed by atoms with Crippen LogP contribution in [0.25, 0.3) is 22.0 Å². The van der Waals surface area contributed by atoms with Gasteiger partial charge in [0.05, 0.1) is 0 Å². The number of nitrogens with zero attached hydrogens (tertiary/aromatic N) is 4. The van der Waals surface area contributed by atoms with Crippen LogP contribution in [0.15, 0.2) is 53.6 Å². The maximum absolute atomic E-state index is 13.5. The first-order valence-corrected chi connectivity index (χ1v) is 13.2. The first-order chi connectivity index (χ1) is 18.2. The summed E-state index contributed by atoms with van der Waals surface area (Å²) in [7, 11) is 2.14. The van der Waals surface area contributed by atoms with Crippen molar-refractivity contribution in [3.05, 3.63) is 81.5 Å². The van der Waals surface area contributed by atoms with Crippen molar-refractivity contribution in [3.8, 4) is 11.1 Å². The van der Waals surface area contributed by atoms with Gasteiger partial charge in [-0.2, -0.15) is 0 Å². The zero-order chi connectivity index (χ0) is 27.0. The van der Waals surface area contributed by atoms with Gasteiger partial charge in [0, 0.05) is 84.4 Å². The van der Waals surface area contributed by atoms with Crippen LogP contribution in [0.1, 0.15) is 47.1 Å². The van der Waals surface area contributed by atoms with E-state index in [-0.39, 0.29) is 24.1 Å². The molecule has 0 unspecified atom stereocenters. The fourth-order valence-electron chi connectivity index (χ4n) is 5.21. The van der Waals surface area contributed by atoms with Crippen LogP contribution < -0.4 is 15.8 Å².